The van der Waals surface area contributed by atoms with Gasteiger partial charge in [0, 0.05) is 19.0 Å². The number of benzene rings is 1. The van der Waals surface area contributed by atoms with Gasteiger partial charge in [0.15, 0.2) is 0 Å². The number of rotatable bonds is 3. The zero-order valence-electron chi connectivity index (χ0n) is 8.77. The Morgan fingerprint density at radius 3 is 2.81 bits per heavy atom. The molecular formula is C10H13N3O3. The van der Waals surface area contributed by atoms with Gasteiger partial charge >= 0.3 is 0 Å². The summed E-state index contributed by atoms with van der Waals surface area (Å²) in [5.41, 5.74) is 6.86. The van der Waals surface area contributed by atoms with E-state index in [1.807, 2.05) is 0 Å². The van der Waals surface area contributed by atoms with E-state index in [0.717, 1.165) is 0 Å². The van der Waals surface area contributed by atoms with Crippen molar-refractivity contribution in [3.8, 4) is 5.75 Å². The molecule has 0 saturated carbocycles. The van der Waals surface area contributed by atoms with Crippen LogP contribution in [0.1, 0.15) is 18.1 Å². The van der Waals surface area contributed by atoms with Crippen molar-refractivity contribution in [3.63, 3.8) is 0 Å². The number of nitrogens with two attached hydrogens (primary N) is 1. The fraction of sp³-hybridized carbons (Fsp3) is 0.200. The summed E-state index contributed by atoms with van der Waals surface area (Å²) in [6, 6.07) is 2.90. The Bertz CT molecular complexity index is 430. The van der Waals surface area contributed by atoms with E-state index in [9.17, 15) is 9.90 Å². The summed E-state index contributed by atoms with van der Waals surface area (Å²) in [5.74, 6) is -0.381. The van der Waals surface area contributed by atoms with E-state index in [1.165, 1.54) is 25.3 Å². The summed E-state index contributed by atoms with van der Waals surface area (Å²) in [7, 11) is 0. The van der Waals surface area contributed by atoms with Crippen LogP contribution in [0.5, 0.6) is 5.75 Å². The van der Waals surface area contributed by atoms with Crippen molar-refractivity contribution in [2.24, 2.45) is 10.9 Å². The van der Waals surface area contributed by atoms with Gasteiger partial charge in [-0.15, -0.1) is 0 Å². The first-order chi connectivity index (χ1) is 7.58. The van der Waals surface area contributed by atoms with E-state index >= 15 is 0 Å². The molecule has 0 aliphatic heterocycles. The molecule has 0 spiro atoms. The van der Waals surface area contributed by atoms with Crippen molar-refractivity contribution in [3.05, 3.63) is 23.3 Å². The molecule has 5 N–H and O–H groups in total. The highest BCUT2D eigenvalue weighted by Crippen LogP contribution is 2.26. The molecule has 16 heavy (non-hydrogen) atoms. The van der Waals surface area contributed by atoms with Gasteiger partial charge in [-0.1, -0.05) is 5.16 Å². The number of phenolic OH excluding ortho intramolecular Hbond substituents is 1. The van der Waals surface area contributed by atoms with Crippen molar-refractivity contribution < 1.29 is 15.1 Å². The number of carbonyl (C=O) groups is 1. The molecule has 0 aromatic heterocycles. The number of oxime groups is 1. The SMILES string of the molecule is CC(=O)Nc1cc(C=NO)c(CN)cc1O. The number of nitrogens with zero attached hydrogens (tertiary/aromatic N) is 1. The number of nitrogens with one attached hydrogen (secondary N) is 1. The van der Waals surface area contributed by atoms with Crippen LogP contribution in [0.2, 0.25) is 0 Å². The van der Waals surface area contributed by atoms with Crippen LogP contribution in [0.15, 0.2) is 17.3 Å². The van der Waals surface area contributed by atoms with Crippen LogP contribution in [0, 0.1) is 0 Å². The Balaban J connectivity index is 3.21. The molecule has 1 amide bonds. The smallest absolute Gasteiger partial charge is 0.221 e. The van der Waals surface area contributed by atoms with Crippen molar-refractivity contribution in [2.75, 3.05) is 5.32 Å². The zero-order valence-corrected chi connectivity index (χ0v) is 8.77. The fourth-order valence-corrected chi connectivity index (χ4v) is 1.30. The van der Waals surface area contributed by atoms with Gasteiger partial charge in [-0.05, 0) is 17.7 Å². The summed E-state index contributed by atoms with van der Waals surface area (Å²) in [6.07, 6.45) is 1.19. The topological polar surface area (TPSA) is 108 Å². The lowest BCUT2D eigenvalue weighted by Gasteiger charge is -2.09. The number of carbonyl (C=O) groups excluding carboxylic acids is 1. The summed E-state index contributed by atoms with van der Waals surface area (Å²) >= 11 is 0. The molecule has 0 aliphatic rings. The molecule has 0 saturated heterocycles. The quantitative estimate of drug-likeness (QED) is 0.260. The molecule has 0 radical (unpaired) electrons. The van der Waals surface area contributed by atoms with Gasteiger partial charge < -0.3 is 21.4 Å². The third-order valence-electron chi connectivity index (χ3n) is 1.98. The predicted molar refractivity (Wildman–Crippen MR) is 59.7 cm³/mol. The van der Waals surface area contributed by atoms with Crippen LogP contribution in [0.4, 0.5) is 5.69 Å². The first-order valence-corrected chi connectivity index (χ1v) is 4.59. The average Bonchev–Trinajstić information content (AvgIpc) is 2.22. The lowest BCUT2D eigenvalue weighted by atomic mass is 10.1. The van der Waals surface area contributed by atoms with Crippen molar-refractivity contribution >= 4 is 17.8 Å². The number of hydrogen-bond donors (Lipinski definition) is 4. The second-order valence-corrected chi connectivity index (χ2v) is 3.20. The minimum atomic E-state index is -0.303. The Hall–Kier alpha value is -2.08. The van der Waals surface area contributed by atoms with Gasteiger partial charge in [0.2, 0.25) is 5.91 Å². The number of amides is 1. The summed E-state index contributed by atoms with van der Waals surface area (Å²) in [5, 5.41) is 23.4. The lowest BCUT2D eigenvalue weighted by molar-refractivity contribution is -0.114. The van der Waals surface area contributed by atoms with E-state index in [1.54, 1.807) is 0 Å². The number of hydrogen-bond acceptors (Lipinski definition) is 5. The van der Waals surface area contributed by atoms with E-state index in [2.05, 4.69) is 10.5 Å². The summed E-state index contributed by atoms with van der Waals surface area (Å²) in [6.45, 7) is 1.52. The standard InChI is InChI=1S/C10H13N3O3/c1-6(14)13-9-2-8(5-12-16)7(4-11)3-10(9)15/h2-3,5,15-16H,4,11H2,1H3,(H,13,14). The van der Waals surface area contributed by atoms with Gasteiger partial charge in [0.25, 0.3) is 0 Å². The second kappa shape index (κ2) is 5.13. The maximum Gasteiger partial charge on any atom is 0.221 e. The fourth-order valence-electron chi connectivity index (χ4n) is 1.30. The molecule has 1 rings (SSSR count). The Morgan fingerprint density at radius 2 is 2.31 bits per heavy atom. The van der Waals surface area contributed by atoms with Gasteiger partial charge in [-0.2, -0.15) is 0 Å². The molecule has 0 unspecified atom stereocenters. The molecule has 1 aromatic rings. The monoisotopic (exact) mass is 223 g/mol. The first kappa shape index (κ1) is 12.0. The number of phenols is 1. The zero-order chi connectivity index (χ0) is 12.1. The van der Waals surface area contributed by atoms with Crippen LogP contribution >= 0.6 is 0 Å². The van der Waals surface area contributed by atoms with E-state index in [-0.39, 0.29) is 23.9 Å². The molecular weight excluding hydrogens is 210 g/mol. The van der Waals surface area contributed by atoms with Crippen molar-refractivity contribution in [1.82, 2.24) is 0 Å². The lowest BCUT2D eigenvalue weighted by Crippen LogP contribution is -2.08. The normalized spacial score (nSPS) is 10.6. The maximum absolute atomic E-state index is 10.9. The molecule has 6 heteroatoms. The molecule has 0 aliphatic carbocycles. The van der Waals surface area contributed by atoms with Crippen LogP contribution < -0.4 is 11.1 Å². The van der Waals surface area contributed by atoms with E-state index < -0.39 is 0 Å². The highest BCUT2D eigenvalue weighted by atomic mass is 16.4. The molecule has 0 bridgehead atoms. The van der Waals surface area contributed by atoms with Gasteiger partial charge in [0.1, 0.15) is 5.75 Å². The molecule has 1 aromatic carbocycles. The number of anilines is 1. The predicted octanol–water partition coefficient (Wildman–Crippen LogP) is 0.617. The highest BCUT2D eigenvalue weighted by Gasteiger charge is 2.08. The maximum atomic E-state index is 10.9. The third kappa shape index (κ3) is 2.71. The minimum Gasteiger partial charge on any atom is -0.506 e. The van der Waals surface area contributed by atoms with Gasteiger partial charge in [-0.3, -0.25) is 4.79 Å². The molecule has 0 atom stereocenters. The molecule has 0 heterocycles. The number of aromatic hydroxyl groups is 1. The molecule has 6 nitrogen and oxygen atoms in total. The van der Waals surface area contributed by atoms with Crippen LogP contribution in [0.3, 0.4) is 0 Å². The van der Waals surface area contributed by atoms with Gasteiger partial charge in [0.05, 0.1) is 11.9 Å². The second-order valence-electron chi connectivity index (χ2n) is 3.20. The Kier molecular flexibility index (Phi) is 3.84. The molecule has 0 fully saturated rings. The van der Waals surface area contributed by atoms with Gasteiger partial charge in [-0.25, -0.2) is 0 Å². The first-order valence-electron chi connectivity index (χ1n) is 4.59. The summed E-state index contributed by atoms with van der Waals surface area (Å²) < 4.78 is 0. The highest BCUT2D eigenvalue weighted by molar-refractivity contribution is 5.93. The minimum absolute atomic E-state index is 0.0780. The largest absolute Gasteiger partial charge is 0.506 e. The average molecular weight is 223 g/mol. The third-order valence-corrected chi connectivity index (χ3v) is 1.98. The van der Waals surface area contributed by atoms with E-state index in [0.29, 0.717) is 11.1 Å². The summed E-state index contributed by atoms with van der Waals surface area (Å²) in [4.78, 5) is 10.9. The van der Waals surface area contributed by atoms with Crippen LogP contribution in [0.25, 0.3) is 0 Å². The molecule has 86 valence electrons. The Morgan fingerprint density at radius 1 is 1.62 bits per heavy atom. The van der Waals surface area contributed by atoms with Crippen molar-refractivity contribution in [1.29, 1.82) is 0 Å². The van der Waals surface area contributed by atoms with Crippen molar-refractivity contribution in [2.45, 2.75) is 13.5 Å². The van der Waals surface area contributed by atoms with Crippen LogP contribution in [-0.2, 0) is 11.3 Å². The Labute approximate surface area is 92.4 Å². The van der Waals surface area contributed by atoms with Crippen LogP contribution in [-0.4, -0.2) is 22.4 Å². The van der Waals surface area contributed by atoms with E-state index in [4.69, 9.17) is 10.9 Å².